The predicted molar refractivity (Wildman–Crippen MR) is 102 cm³/mol. The lowest BCUT2D eigenvalue weighted by atomic mass is 10.0. The number of hydrogen-bond acceptors (Lipinski definition) is 2. The smallest absolute Gasteiger partial charge is 0.227 e. The second kappa shape index (κ2) is 8.41. The average Bonchev–Trinajstić information content (AvgIpc) is 3.00. The van der Waals surface area contributed by atoms with E-state index in [1.165, 1.54) is 0 Å². The van der Waals surface area contributed by atoms with Crippen LogP contribution in [-0.2, 0) is 17.6 Å². The summed E-state index contributed by atoms with van der Waals surface area (Å²) in [5.41, 5.74) is 8.54. The molecule has 0 radical (unpaired) electrons. The van der Waals surface area contributed by atoms with E-state index in [-0.39, 0.29) is 24.4 Å². The van der Waals surface area contributed by atoms with Crippen molar-refractivity contribution in [3.8, 4) is 0 Å². The summed E-state index contributed by atoms with van der Waals surface area (Å²) in [7, 11) is 0. The third-order valence-electron chi connectivity index (χ3n) is 4.45. The summed E-state index contributed by atoms with van der Waals surface area (Å²) < 4.78 is 0. The quantitative estimate of drug-likeness (QED) is 0.829. The number of nitrogen functional groups attached to an aromatic ring is 1. The summed E-state index contributed by atoms with van der Waals surface area (Å²) in [5, 5.41) is 0.783. The number of benzene rings is 2. The van der Waals surface area contributed by atoms with Crippen LogP contribution in [0.5, 0.6) is 0 Å². The van der Waals surface area contributed by atoms with Crippen molar-refractivity contribution in [3.63, 3.8) is 0 Å². The molecule has 1 aliphatic rings. The molecule has 5 heteroatoms. The molecule has 0 aromatic heterocycles. The molecule has 3 rings (SSSR count). The molecule has 128 valence electrons. The Labute approximate surface area is 154 Å². The van der Waals surface area contributed by atoms with Gasteiger partial charge in [0.1, 0.15) is 0 Å². The number of nitrogens with two attached hydrogens (primary N) is 1. The van der Waals surface area contributed by atoms with Crippen LogP contribution in [-0.4, -0.2) is 23.4 Å². The lowest BCUT2D eigenvalue weighted by Gasteiger charge is -2.25. The number of carbonyl (C=O) groups is 1. The average molecular weight is 365 g/mol. The lowest BCUT2D eigenvalue weighted by molar-refractivity contribution is -0.131. The van der Waals surface area contributed by atoms with Gasteiger partial charge in [0.15, 0.2) is 0 Å². The SMILES string of the molecule is Cl.Nc1ccc(CC(=O)N2CCCC2Cc2ccccc2Cl)cc1. The zero-order valence-electron chi connectivity index (χ0n) is 13.5. The van der Waals surface area contributed by atoms with Crippen LogP contribution in [0.25, 0.3) is 0 Å². The van der Waals surface area contributed by atoms with E-state index in [1.807, 2.05) is 53.4 Å². The molecular formula is C19H22Cl2N2O. The molecule has 2 aromatic carbocycles. The van der Waals surface area contributed by atoms with E-state index in [0.717, 1.165) is 47.6 Å². The highest BCUT2D eigenvalue weighted by molar-refractivity contribution is 6.31. The van der Waals surface area contributed by atoms with E-state index in [1.54, 1.807) is 0 Å². The fraction of sp³-hybridized carbons (Fsp3) is 0.316. The first-order chi connectivity index (χ1) is 11.1. The third kappa shape index (κ3) is 4.43. The number of carbonyl (C=O) groups excluding carboxylic acids is 1. The number of nitrogens with zero attached hydrogens (tertiary/aromatic N) is 1. The maximum Gasteiger partial charge on any atom is 0.227 e. The van der Waals surface area contributed by atoms with E-state index in [2.05, 4.69) is 0 Å². The Morgan fingerprint density at radius 1 is 1.17 bits per heavy atom. The van der Waals surface area contributed by atoms with Crippen molar-refractivity contribution in [1.29, 1.82) is 0 Å². The molecule has 1 heterocycles. The standard InChI is InChI=1S/C19H21ClN2O.ClH/c20-18-6-2-1-4-15(18)13-17-5-3-11-22(17)19(23)12-14-7-9-16(21)10-8-14;/h1-2,4,6-10,17H,3,5,11-13,21H2;1H. The number of hydrogen-bond donors (Lipinski definition) is 1. The van der Waals surface area contributed by atoms with Gasteiger partial charge in [-0.15, -0.1) is 12.4 Å². The summed E-state index contributed by atoms with van der Waals surface area (Å²) in [5.74, 6) is 0.185. The molecule has 1 atom stereocenters. The highest BCUT2D eigenvalue weighted by Gasteiger charge is 2.29. The van der Waals surface area contributed by atoms with Crippen molar-refractivity contribution in [2.75, 3.05) is 12.3 Å². The maximum absolute atomic E-state index is 12.6. The summed E-state index contributed by atoms with van der Waals surface area (Å²) in [4.78, 5) is 14.7. The minimum absolute atomic E-state index is 0. The maximum atomic E-state index is 12.6. The minimum atomic E-state index is 0. The zero-order chi connectivity index (χ0) is 16.2. The van der Waals surface area contributed by atoms with E-state index in [0.29, 0.717) is 6.42 Å². The van der Waals surface area contributed by atoms with Crippen LogP contribution in [0, 0.1) is 0 Å². The van der Waals surface area contributed by atoms with E-state index in [4.69, 9.17) is 17.3 Å². The normalized spacial score (nSPS) is 16.7. The summed E-state index contributed by atoms with van der Waals surface area (Å²) in [6.07, 6.45) is 3.35. The molecule has 1 unspecified atom stereocenters. The van der Waals surface area contributed by atoms with Gasteiger partial charge in [0.2, 0.25) is 5.91 Å². The van der Waals surface area contributed by atoms with Crippen molar-refractivity contribution in [2.45, 2.75) is 31.7 Å². The second-order valence-corrected chi connectivity index (χ2v) is 6.50. The zero-order valence-corrected chi connectivity index (χ0v) is 15.0. The number of halogens is 2. The molecule has 1 saturated heterocycles. The third-order valence-corrected chi connectivity index (χ3v) is 4.81. The Morgan fingerprint density at radius 3 is 2.58 bits per heavy atom. The Bertz CT molecular complexity index is 688. The first-order valence-electron chi connectivity index (χ1n) is 8.01. The minimum Gasteiger partial charge on any atom is -0.399 e. The van der Waals surface area contributed by atoms with Crippen LogP contribution in [0.4, 0.5) is 5.69 Å². The molecular weight excluding hydrogens is 343 g/mol. The molecule has 0 saturated carbocycles. The van der Waals surface area contributed by atoms with Crippen LogP contribution in [0.2, 0.25) is 5.02 Å². The monoisotopic (exact) mass is 364 g/mol. The molecule has 2 aromatic rings. The largest absolute Gasteiger partial charge is 0.399 e. The van der Waals surface area contributed by atoms with E-state index < -0.39 is 0 Å². The number of rotatable bonds is 4. The van der Waals surface area contributed by atoms with E-state index in [9.17, 15) is 4.79 Å². The molecule has 0 spiro atoms. The molecule has 24 heavy (non-hydrogen) atoms. The Morgan fingerprint density at radius 2 is 1.88 bits per heavy atom. The predicted octanol–water partition coefficient (Wildman–Crippen LogP) is 4.12. The van der Waals surface area contributed by atoms with Crippen LogP contribution in [0.3, 0.4) is 0 Å². The van der Waals surface area contributed by atoms with Crippen molar-refractivity contribution in [3.05, 3.63) is 64.7 Å². The van der Waals surface area contributed by atoms with Crippen molar-refractivity contribution >= 4 is 35.6 Å². The number of amides is 1. The fourth-order valence-electron chi connectivity index (χ4n) is 3.21. The van der Waals surface area contributed by atoms with E-state index >= 15 is 0 Å². The summed E-state index contributed by atoms with van der Waals surface area (Å²) >= 11 is 6.26. The topological polar surface area (TPSA) is 46.3 Å². The molecule has 0 aliphatic carbocycles. The first-order valence-corrected chi connectivity index (χ1v) is 8.38. The van der Waals surface area contributed by atoms with Gasteiger partial charge in [0.05, 0.1) is 6.42 Å². The van der Waals surface area contributed by atoms with Crippen LogP contribution in [0.15, 0.2) is 48.5 Å². The number of likely N-dealkylation sites (tertiary alicyclic amines) is 1. The molecule has 3 nitrogen and oxygen atoms in total. The van der Waals surface area contributed by atoms with Crippen LogP contribution >= 0.6 is 24.0 Å². The van der Waals surface area contributed by atoms with Crippen molar-refractivity contribution < 1.29 is 4.79 Å². The van der Waals surface area contributed by atoms with Gasteiger partial charge in [-0.05, 0) is 48.6 Å². The summed E-state index contributed by atoms with van der Waals surface area (Å²) in [6, 6.07) is 15.7. The van der Waals surface area contributed by atoms with Gasteiger partial charge < -0.3 is 10.6 Å². The highest BCUT2D eigenvalue weighted by Crippen LogP contribution is 2.25. The van der Waals surface area contributed by atoms with Gasteiger partial charge in [-0.3, -0.25) is 4.79 Å². The van der Waals surface area contributed by atoms with Gasteiger partial charge >= 0.3 is 0 Å². The fourth-order valence-corrected chi connectivity index (χ4v) is 3.42. The first kappa shape index (κ1) is 18.6. The van der Waals surface area contributed by atoms with Gasteiger partial charge in [0.25, 0.3) is 0 Å². The molecule has 1 fully saturated rings. The Hall–Kier alpha value is -1.71. The van der Waals surface area contributed by atoms with Crippen molar-refractivity contribution in [1.82, 2.24) is 4.90 Å². The van der Waals surface area contributed by atoms with Gasteiger partial charge in [-0.2, -0.15) is 0 Å². The van der Waals surface area contributed by atoms with Gasteiger partial charge in [0, 0.05) is 23.3 Å². The molecule has 2 N–H and O–H groups in total. The Balaban J connectivity index is 0.00000208. The highest BCUT2D eigenvalue weighted by atomic mass is 35.5. The van der Waals surface area contributed by atoms with Crippen molar-refractivity contribution in [2.24, 2.45) is 0 Å². The van der Waals surface area contributed by atoms with Gasteiger partial charge in [-0.1, -0.05) is 41.9 Å². The molecule has 1 amide bonds. The Kier molecular flexibility index (Phi) is 6.52. The molecule has 0 bridgehead atoms. The van der Waals surface area contributed by atoms with Crippen LogP contribution in [0.1, 0.15) is 24.0 Å². The van der Waals surface area contributed by atoms with Gasteiger partial charge in [-0.25, -0.2) is 0 Å². The number of anilines is 1. The summed E-state index contributed by atoms with van der Waals surface area (Å²) in [6.45, 7) is 0.836. The lowest BCUT2D eigenvalue weighted by Crippen LogP contribution is -2.37. The molecule has 1 aliphatic heterocycles. The second-order valence-electron chi connectivity index (χ2n) is 6.10. The van der Waals surface area contributed by atoms with Crippen LogP contribution < -0.4 is 5.73 Å².